The van der Waals surface area contributed by atoms with Crippen LogP contribution in [0.3, 0.4) is 0 Å². The molecule has 0 aromatic rings. The number of hydrogen-bond acceptors (Lipinski definition) is 1. The van der Waals surface area contributed by atoms with Crippen LogP contribution in [0.25, 0.3) is 0 Å². The summed E-state index contributed by atoms with van der Waals surface area (Å²) in [4.78, 5) is 0. The Hall–Kier alpha value is -0.780. The third kappa shape index (κ3) is 3.59. The summed E-state index contributed by atoms with van der Waals surface area (Å²) in [5.41, 5.74) is 6.47. The third-order valence-electron chi connectivity index (χ3n) is 3.87. The molecule has 0 aromatic carbocycles. The van der Waals surface area contributed by atoms with Crippen molar-refractivity contribution >= 4 is 0 Å². The molecule has 2 unspecified atom stereocenters. The maximum atomic E-state index is 4.07. The molecule has 0 amide bonds. The van der Waals surface area contributed by atoms with Crippen molar-refractivity contribution in [3.8, 4) is 0 Å². The quantitative estimate of drug-likeness (QED) is 0.566. The van der Waals surface area contributed by atoms with Gasteiger partial charge in [0.2, 0.25) is 0 Å². The first-order valence-electron chi connectivity index (χ1n) is 6.83. The van der Waals surface area contributed by atoms with E-state index in [-0.39, 0.29) is 5.41 Å². The number of piperidine rings is 1. The van der Waals surface area contributed by atoms with Crippen LogP contribution in [0.1, 0.15) is 53.4 Å². The van der Waals surface area contributed by atoms with E-state index < -0.39 is 0 Å². The molecule has 0 spiro atoms. The minimum Gasteiger partial charge on any atom is -0.309 e. The maximum absolute atomic E-state index is 4.07. The average molecular weight is 233 g/mol. The molecule has 0 aliphatic carbocycles. The average Bonchev–Trinajstić information content (AvgIpc) is 2.29. The lowest BCUT2D eigenvalue weighted by molar-refractivity contribution is 0.270. The Morgan fingerprint density at radius 1 is 1.65 bits per heavy atom. The van der Waals surface area contributed by atoms with Gasteiger partial charge in [0, 0.05) is 18.0 Å². The smallest absolute Gasteiger partial charge is 0.0318 e. The number of unbranched alkanes of at least 4 members (excludes halogenated alkanes) is 1. The van der Waals surface area contributed by atoms with Gasteiger partial charge < -0.3 is 5.32 Å². The first-order valence-corrected chi connectivity index (χ1v) is 6.83. The predicted molar refractivity (Wildman–Crippen MR) is 76.1 cm³/mol. The molecule has 1 heteroatoms. The van der Waals surface area contributed by atoms with Gasteiger partial charge in [0.1, 0.15) is 0 Å². The summed E-state index contributed by atoms with van der Waals surface area (Å²) in [6.07, 6.45) is 6.95. The zero-order chi connectivity index (χ0) is 12.9. The molecule has 1 aliphatic rings. The zero-order valence-corrected chi connectivity index (χ0v) is 11.9. The van der Waals surface area contributed by atoms with Crippen LogP contribution >= 0.6 is 0 Å². The molecule has 1 nitrogen and oxygen atoms in total. The second-order valence-electron chi connectivity index (χ2n) is 5.56. The van der Waals surface area contributed by atoms with Gasteiger partial charge in [-0.1, -0.05) is 38.8 Å². The van der Waals surface area contributed by atoms with Gasteiger partial charge in [0.05, 0.1) is 0 Å². The van der Waals surface area contributed by atoms with E-state index in [9.17, 15) is 0 Å². The van der Waals surface area contributed by atoms with Crippen molar-refractivity contribution in [1.29, 1.82) is 0 Å². The van der Waals surface area contributed by atoms with Crippen LogP contribution in [0.4, 0.5) is 0 Å². The van der Waals surface area contributed by atoms with Gasteiger partial charge in [-0.15, -0.1) is 5.73 Å². The van der Waals surface area contributed by atoms with E-state index in [1.165, 1.54) is 30.4 Å². The van der Waals surface area contributed by atoms with Crippen LogP contribution in [-0.2, 0) is 0 Å². The maximum Gasteiger partial charge on any atom is 0.0318 e. The second kappa shape index (κ2) is 6.23. The molecule has 1 N–H and O–H groups in total. The zero-order valence-electron chi connectivity index (χ0n) is 11.9. The van der Waals surface area contributed by atoms with Crippen molar-refractivity contribution in [2.24, 2.45) is 5.41 Å². The molecule has 1 fully saturated rings. The monoisotopic (exact) mass is 233 g/mol. The normalized spacial score (nSPS) is 28.7. The van der Waals surface area contributed by atoms with Crippen LogP contribution in [-0.4, -0.2) is 12.6 Å². The van der Waals surface area contributed by atoms with Crippen LogP contribution < -0.4 is 5.32 Å². The van der Waals surface area contributed by atoms with E-state index >= 15 is 0 Å². The van der Waals surface area contributed by atoms with Crippen molar-refractivity contribution in [2.45, 2.75) is 59.4 Å². The van der Waals surface area contributed by atoms with E-state index in [0.717, 1.165) is 13.0 Å². The fourth-order valence-corrected chi connectivity index (χ4v) is 2.54. The third-order valence-corrected chi connectivity index (χ3v) is 3.87. The Kier molecular flexibility index (Phi) is 5.24. The highest BCUT2D eigenvalue weighted by Gasteiger charge is 2.34. The lowest BCUT2D eigenvalue weighted by Crippen LogP contribution is -2.46. The molecular formula is C16H27N. The number of nitrogens with one attached hydrogen (secondary N) is 1. The molecule has 1 heterocycles. The summed E-state index contributed by atoms with van der Waals surface area (Å²) in [6.45, 7) is 13.9. The Balaban J connectivity index is 2.87. The fourth-order valence-electron chi connectivity index (χ4n) is 2.54. The molecular weight excluding hydrogens is 206 g/mol. The minimum atomic E-state index is 0.286. The van der Waals surface area contributed by atoms with Crippen molar-refractivity contribution in [3.05, 3.63) is 29.5 Å². The molecule has 17 heavy (non-hydrogen) atoms. The highest BCUT2D eigenvalue weighted by atomic mass is 14.9. The summed E-state index contributed by atoms with van der Waals surface area (Å²) in [5, 5.41) is 3.63. The first kappa shape index (κ1) is 14.3. The van der Waals surface area contributed by atoms with E-state index in [1.54, 1.807) is 0 Å². The SMILES string of the molecule is C=C(C)C1CC(=C=CC)C(C)(CCCC)CN1. The highest BCUT2D eigenvalue weighted by Crippen LogP contribution is 2.38. The van der Waals surface area contributed by atoms with Gasteiger partial charge in [0.15, 0.2) is 0 Å². The van der Waals surface area contributed by atoms with E-state index in [1.807, 2.05) is 0 Å². The summed E-state index contributed by atoms with van der Waals surface area (Å²) >= 11 is 0. The summed E-state index contributed by atoms with van der Waals surface area (Å²) in [7, 11) is 0. The molecule has 0 saturated carbocycles. The summed E-state index contributed by atoms with van der Waals surface area (Å²) in [5.74, 6) is 0. The second-order valence-corrected chi connectivity index (χ2v) is 5.56. The largest absolute Gasteiger partial charge is 0.309 e. The molecule has 96 valence electrons. The van der Waals surface area contributed by atoms with Crippen molar-refractivity contribution in [2.75, 3.05) is 6.54 Å². The molecule has 0 radical (unpaired) electrons. The van der Waals surface area contributed by atoms with Crippen LogP contribution in [0.5, 0.6) is 0 Å². The van der Waals surface area contributed by atoms with Gasteiger partial charge in [-0.25, -0.2) is 0 Å². The van der Waals surface area contributed by atoms with Crippen LogP contribution in [0, 0.1) is 5.41 Å². The Bertz CT molecular complexity index is 333. The summed E-state index contributed by atoms with van der Waals surface area (Å²) < 4.78 is 0. The Morgan fingerprint density at radius 3 is 2.88 bits per heavy atom. The summed E-state index contributed by atoms with van der Waals surface area (Å²) in [6, 6.07) is 0.437. The molecule has 1 saturated heterocycles. The van der Waals surface area contributed by atoms with Crippen molar-refractivity contribution < 1.29 is 0 Å². The molecule has 0 aromatic heterocycles. The van der Waals surface area contributed by atoms with Gasteiger partial charge >= 0.3 is 0 Å². The van der Waals surface area contributed by atoms with Crippen LogP contribution in [0.15, 0.2) is 29.5 Å². The molecule has 1 aliphatic heterocycles. The van der Waals surface area contributed by atoms with E-state index in [0.29, 0.717) is 6.04 Å². The topological polar surface area (TPSA) is 12.0 Å². The fraction of sp³-hybridized carbons (Fsp3) is 0.688. The molecule has 2 atom stereocenters. The Morgan fingerprint density at radius 2 is 2.35 bits per heavy atom. The number of rotatable bonds is 4. The van der Waals surface area contributed by atoms with Crippen LogP contribution in [0.2, 0.25) is 0 Å². The van der Waals surface area contributed by atoms with Gasteiger partial charge in [0.25, 0.3) is 0 Å². The first-order chi connectivity index (χ1) is 8.03. The lowest BCUT2D eigenvalue weighted by atomic mass is 9.72. The molecule has 0 bridgehead atoms. The predicted octanol–water partition coefficient (Wildman–Crippen LogP) is 4.22. The molecule has 1 rings (SSSR count). The van der Waals surface area contributed by atoms with Gasteiger partial charge in [-0.3, -0.25) is 0 Å². The highest BCUT2D eigenvalue weighted by molar-refractivity contribution is 5.22. The Labute approximate surface area is 107 Å². The van der Waals surface area contributed by atoms with Crippen molar-refractivity contribution in [3.63, 3.8) is 0 Å². The van der Waals surface area contributed by atoms with Gasteiger partial charge in [-0.2, -0.15) is 0 Å². The standard InChI is InChI=1S/C16H27N/c1-6-8-10-16(5)12-17-15(13(3)4)11-14(16)9-7-2/h7,15,17H,3,6,8,10-12H2,1-2,4-5H3. The number of hydrogen-bond donors (Lipinski definition) is 1. The van der Waals surface area contributed by atoms with Crippen molar-refractivity contribution in [1.82, 2.24) is 5.32 Å². The van der Waals surface area contributed by atoms with Gasteiger partial charge in [-0.05, 0) is 38.3 Å². The van der Waals surface area contributed by atoms with E-state index in [2.05, 4.69) is 51.4 Å². The lowest BCUT2D eigenvalue weighted by Gasteiger charge is -2.40. The minimum absolute atomic E-state index is 0.286. The van der Waals surface area contributed by atoms with E-state index in [4.69, 9.17) is 0 Å².